The molecule has 0 fully saturated rings. The second-order valence-electron chi connectivity index (χ2n) is 7.38. The minimum Gasteiger partial charge on any atom is -0.357 e. The summed E-state index contributed by atoms with van der Waals surface area (Å²) in [5.74, 6) is 0.402. The van der Waals surface area contributed by atoms with Crippen molar-refractivity contribution in [2.24, 2.45) is 0 Å². The number of thioether (sulfide) groups is 1. The van der Waals surface area contributed by atoms with Gasteiger partial charge in [-0.05, 0) is 35.4 Å². The Labute approximate surface area is 199 Å². The zero-order valence-electron chi connectivity index (χ0n) is 18.0. The highest BCUT2D eigenvalue weighted by molar-refractivity contribution is 7.99. The quantitative estimate of drug-likeness (QED) is 0.417. The lowest BCUT2D eigenvalue weighted by molar-refractivity contribution is -0.140. The molecule has 0 radical (unpaired) electrons. The van der Waals surface area contributed by atoms with Crippen LogP contribution in [-0.2, 0) is 22.6 Å². The summed E-state index contributed by atoms with van der Waals surface area (Å²) in [5.41, 5.74) is 1.90. The Morgan fingerprint density at radius 3 is 2.25 bits per heavy atom. The summed E-state index contributed by atoms with van der Waals surface area (Å²) in [6, 6.07) is 26.6. The summed E-state index contributed by atoms with van der Waals surface area (Å²) in [5, 5.41) is 3.34. The van der Waals surface area contributed by atoms with Crippen LogP contribution in [0.25, 0.3) is 0 Å². The molecule has 0 aliphatic rings. The maximum absolute atomic E-state index is 13.4. The van der Waals surface area contributed by atoms with Gasteiger partial charge < -0.3 is 10.2 Å². The molecule has 0 heterocycles. The number of likely N-dealkylation sites (N-methyl/N-ethyl adjacent to an activating group) is 1. The van der Waals surface area contributed by atoms with E-state index in [0.717, 1.165) is 16.0 Å². The molecule has 4 nitrogen and oxygen atoms in total. The number of halogens is 1. The second-order valence-corrected chi connectivity index (χ2v) is 8.99. The molecule has 2 amide bonds. The fourth-order valence-corrected chi connectivity index (χ4v) is 4.54. The van der Waals surface area contributed by atoms with E-state index in [0.29, 0.717) is 30.2 Å². The van der Waals surface area contributed by atoms with Crippen molar-refractivity contribution >= 4 is 35.2 Å². The van der Waals surface area contributed by atoms with E-state index >= 15 is 0 Å². The number of hydrogen-bond donors (Lipinski definition) is 1. The van der Waals surface area contributed by atoms with Crippen LogP contribution in [0.2, 0.25) is 5.02 Å². The monoisotopic (exact) mass is 466 g/mol. The molecule has 0 saturated heterocycles. The Balaban J connectivity index is 1.81. The van der Waals surface area contributed by atoms with E-state index in [2.05, 4.69) is 5.32 Å². The van der Waals surface area contributed by atoms with E-state index in [4.69, 9.17) is 11.6 Å². The first-order valence-electron chi connectivity index (χ1n) is 10.5. The number of amides is 2. The lowest BCUT2D eigenvalue weighted by Gasteiger charge is -2.31. The van der Waals surface area contributed by atoms with E-state index in [1.807, 2.05) is 78.9 Å². The van der Waals surface area contributed by atoms with E-state index in [-0.39, 0.29) is 11.8 Å². The van der Waals surface area contributed by atoms with Crippen LogP contribution in [0.5, 0.6) is 0 Å². The molecule has 0 saturated carbocycles. The Hall–Kier alpha value is -2.76. The van der Waals surface area contributed by atoms with E-state index in [1.54, 1.807) is 29.8 Å². The summed E-state index contributed by atoms with van der Waals surface area (Å²) >= 11 is 7.81. The van der Waals surface area contributed by atoms with Gasteiger partial charge >= 0.3 is 0 Å². The Kier molecular flexibility index (Phi) is 9.20. The number of carbonyl (C=O) groups excluding carboxylic acids is 2. The molecule has 0 bridgehead atoms. The first-order chi connectivity index (χ1) is 15.6. The van der Waals surface area contributed by atoms with Crippen LogP contribution in [0.3, 0.4) is 0 Å². The molecule has 6 heteroatoms. The SMILES string of the molecule is CNC(=O)[C@H](Cc1ccccc1)N(Cc1cccc(Cl)c1)C(=O)CCSc1ccccc1. The number of rotatable bonds is 10. The van der Waals surface area contributed by atoms with Crippen LogP contribution in [0.4, 0.5) is 0 Å². The smallest absolute Gasteiger partial charge is 0.242 e. The van der Waals surface area contributed by atoms with Crippen molar-refractivity contribution in [1.82, 2.24) is 10.2 Å². The van der Waals surface area contributed by atoms with Gasteiger partial charge in [-0.3, -0.25) is 9.59 Å². The van der Waals surface area contributed by atoms with Crippen molar-refractivity contribution in [3.8, 4) is 0 Å². The van der Waals surface area contributed by atoms with E-state index in [1.165, 1.54) is 0 Å². The van der Waals surface area contributed by atoms with Crippen LogP contribution < -0.4 is 5.32 Å². The zero-order chi connectivity index (χ0) is 22.8. The van der Waals surface area contributed by atoms with Crippen LogP contribution in [0.1, 0.15) is 17.5 Å². The highest BCUT2D eigenvalue weighted by atomic mass is 35.5. The van der Waals surface area contributed by atoms with Crippen LogP contribution >= 0.6 is 23.4 Å². The average molecular weight is 467 g/mol. The summed E-state index contributed by atoms with van der Waals surface area (Å²) in [7, 11) is 1.60. The number of benzene rings is 3. The summed E-state index contributed by atoms with van der Waals surface area (Å²) in [6.45, 7) is 0.320. The van der Waals surface area contributed by atoms with Crippen molar-refractivity contribution in [2.45, 2.75) is 30.3 Å². The predicted octanol–water partition coefficient (Wildman–Crippen LogP) is 5.21. The molecule has 3 rings (SSSR count). The molecule has 3 aromatic carbocycles. The van der Waals surface area contributed by atoms with Crippen LogP contribution in [0.15, 0.2) is 89.8 Å². The molecule has 0 aromatic heterocycles. The first-order valence-corrected chi connectivity index (χ1v) is 11.9. The van der Waals surface area contributed by atoms with Gasteiger partial charge in [-0.25, -0.2) is 0 Å². The zero-order valence-corrected chi connectivity index (χ0v) is 19.6. The Bertz CT molecular complexity index is 1010. The molecule has 1 N–H and O–H groups in total. The third-order valence-electron chi connectivity index (χ3n) is 5.09. The van der Waals surface area contributed by atoms with Gasteiger partial charge in [0.2, 0.25) is 11.8 Å². The van der Waals surface area contributed by atoms with Crippen molar-refractivity contribution < 1.29 is 9.59 Å². The Morgan fingerprint density at radius 2 is 1.59 bits per heavy atom. The average Bonchev–Trinajstić information content (AvgIpc) is 2.82. The fourth-order valence-electron chi connectivity index (χ4n) is 3.47. The molecule has 32 heavy (non-hydrogen) atoms. The van der Waals surface area contributed by atoms with Crippen LogP contribution in [0, 0.1) is 0 Å². The number of nitrogens with zero attached hydrogens (tertiary/aromatic N) is 1. The maximum Gasteiger partial charge on any atom is 0.242 e. The molecule has 3 aromatic rings. The van der Waals surface area contributed by atoms with E-state index < -0.39 is 6.04 Å². The second kappa shape index (κ2) is 12.3. The largest absolute Gasteiger partial charge is 0.357 e. The highest BCUT2D eigenvalue weighted by Crippen LogP contribution is 2.21. The van der Waals surface area contributed by atoms with Gasteiger partial charge in [0.05, 0.1) is 0 Å². The topological polar surface area (TPSA) is 49.4 Å². The molecule has 0 spiro atoms. The van der Waals surface area contributed by atoms with Crippen molar-refractivity contribution in [2.75, 3.05) is 12.8 Å². The van der Waals surface area contributed by atoms with Crippen LogP contribution in [-0.4, -0.2) is 35.6 Å². The van der Waals surface area contributed by atoms with Crippen molar-refractivity contribution in [3.63, 3.8) is 0 Å². The normalized spacial score (nSPS) is 11.6. The lowest BCUT2D eigenvalue weighted by Crippen LogP contribution is -2.49. The minimum absolute atomic E-state index is 0.0575. The third-order valence-corrected chi connectivity index (χ3v) is 6.34. The molecule has 0 aliphatic heterocycles. The van der Waals surface area contributed by atoms with Gasteiger partial charge in [0.15, 0.2) is 0 Å². The predicted molar refractivity (Wildman–Crippen MR) is 132 cm³/mol. The van der Waals surface area contributed by atoms with Gasteiger partial charge in [0.25, 0.3) is 0 Å². The lowest BCUT2D eigenvalue weighted by atomic mass is 10.0. The van der Waals surface area contributed by atoms with Crippen molar-refractivity contribution in [3.05, 3.63) is 101 Å². The number of hydrogen-bond acceptors (Lipinski definition) is 3. The molecule has 1 atom stereocenters. The summed E-state index contributed by atoms with van der Waals surface area (Å²) < 4.78 is 0. The van der Waals surface area contributed by atoms with Gasteiger partial charge in [-0.15, -0.1) is 11.8 Å². The Morgan fingerprint density at radius 1 is 0.938 bits per heavy atom. The number of carbonyl (C=O) groups is 2. The molecular formula is C26H27ClN2O2S. The summed E-state index contributed by atoms with van der Waals surface area (Å²) in [4.78, 5) is 29.1. The maximum atomic E-state index is 13.4. The van der Waals surface area contributed by atoms with Crippen molar-refractivity contribution in [1.29, 1.82) is 0 Å². The van der Waals surface area contributed by atoms with Gasteiger partial charge in [-0.2, -0.15) is 0 Å². The fraction of sp³-hybridized carbons (Fsp3) is 0.231. The molecule has 0 unspecified atom stereocenters. The number of nitrogens with one attached hydrogen (secondary N) is 1. The standard InChI is InChI=1S/C26H27ClN2O2S/c1-28-26(31)24(18-20-9-4-2-5-10-20)29(19-21-11-8-12-22(27)17-21)25(30)15-16-32-23-13-6-3-7-14-23/h2-14,17,24H,15-16,18-19H2,1H3,(H,28,31)/t24-/m0/s1. The third kappa shape index (κ3) is 7.14. The highest BCUT2D eigenvalue weighted by Gasteiger charge is 2.29. The molecular weight excluding hydrogens is 440 g/mol. The van der Waals surface area contributed by atoms with Gasteiger partial charge in [-0.1, -0.05) is 72.3 Å². The molecule has 0 aliphatic carbocycles. The van der Waals surface area contributed by atoms with E-state index in [9.17, 15) is 9.59 Å². The van der Waals surface area contributed by atoms with Gasteiger partial charge in [0.1, 0.15) is 6.04 Å². The minimum atomic E-state index is -0.615. The molecule has 166 valence electrons. The first kappa shape index (κ1) is 23.9. The van der Waals surface area contributed by atoms with Gasteiger partial charge in [0, 0.05) is 42.1 Å². The summed E-state index contributed by atoms with van der Waals surface area (Å²) in [6.07, 6.45) is 0.779.